The summed E-state index contributed by atoms with van der Waals surface area (Å²) < 4.78 is 5.33. The highest BCUT2D eigenvalue weighted by atomic mass is 32.2. The summed E-state index contributed by atoms with van der Waals surface area (Å²) in [5, 5.41) is 6.23. The van der Waals surface area contributed by atoms with Crippen LogP contribution in [-0.2, 0) is 4.79 Å². The van der Waals surface area contributed by atoms with E-state index in [0.717, 1.165) is 21.2 Å². The minimum Gasteiger partial charge on any atom is -0.495 e. The van der Waals surface area contributed by atoms with Gasteiger partial charge in [-0.1, -0.05) is 54.2 Å². The van der Waals surface area contributed by atoms with E-state index in [1.165, 1.54) is 0 Å². The molecule has 138 valence electrons. The third-order valence-corrected chi connectivity index (χ3v) is 5.07. The molecule has 3 aromatic rings. The molecule has 0 aliphatic rings. The van der Waals surface area contributed by atoms with Crippen LogP contribution >= 0.6 is 11.8 Å². The first-order valence-electron chi connectivity index (χ1n) is 8.69. The van der Waals surface area contributed by atoms with Crippen LogP contribution in [0.3, 0.4) is 0 Å². The van der Waals surface area contributed by atoms with E-state index in [4.69, 9.17) is 4.74 Å². The summed E-state index contributed by atoms with van der Waals surface area (Å²) in [4.78, 5) is 14.8. The van der Waals surface area contributed by atoms with Crippen LogP contribution in [0.15, 0.2) is 88.7 Å². The van der Waals surface area contributed by atoms with Gasteiger partial charge in [-0.05, 0) is 43.3 Å². The van der Waals surface area contributed by atoms with E-state index >= 15 is 0 Å². The standard InChI is InChI=1S/C22H22N2O2S/c1-16(23-18-12-6-8-14-20(18)26-2)22(25)24-19-13-7-9-15-21(19)27-17-10-4-3-5-11-17/h3-16,23H,1-2H3,(H,24,25)/t16-/m0/s1. The molecule has 2 N–H and O–H groups in total. The number of carbonyl (C=O) groups excluding carboxylic acids is 1. The minimum absolute atomic E-state index is 0.109. The van der Waals surface area contributed by atoms with E-state index < -0.39 is 6.04 Å². The Hall–Kier alpha value is -2.92. The van der Waals surface area contributed by atoms with Crippen LogP contribution in [0.25, 0.3) is 0 Å². The Balaban J connectivity index is 1.70. The van der Waals surface area contributed by atoms with Gasteiger partial charge in [-0.2, -0.15) is 0 Å². The number of nitrogens with one attached hydrogen (secondary N) is 2. The molecule has 0 spiro atoms. The molecule has 0 heterocycles. The largest absolute Gasteiger partial charge is 0.495 e. The average Bonchev–Trinajstić information content (AvgIpc) is 2.70. The van der Waals surface area contributed by atoms with Gasteiger partial charge in [-0.15, -0.1) is 0 Å². The predicted molar refractivity (Wildman–Crippen MR) is 112 cm³/mol. The van der Waals surface area contributed by atoms with E-state index in [0.29, 0.717) is 5.75 Å². The van der Waals surface area contributed by atoms with Crippen LogP contribution in [0.1, 0.15) is 6.92 Å². The molecule has 27 heavy (non-hydrogen) atoms. The van der Waals surface area contributed by atoms with Crippen molar-refractivity contribution in [1.82, 2.24) is 0 Å². The predicted octanol–water partition coefficient (Wildman–Crippen LogP) is 5.29. The Morgan fingerprint density at radius 3 is 2.26 bits per heavy atom. The van der Waals surface area contributed by atoms with Crippen molar-refractivity contribution in [2.24, 2.45) is 0 Å². The number of methoxy groups -OCH3 is 1. The molecule has 0 aliphatic heterocycles. The second-order valence-corrected chi connectivity index (χ2v) is 7.08. The van der Waals surface area contributed by atoms with Gasteiger partial charge in [0, 0.05) is 9.79 Å². The highest BCUT2D eigenvalue weighted by Crippen LogP contribution is 2.33. The minimum atomic E-state index is -0.420. The Kier molecular flexibility index (Phi) is 6.39. The first-order valence-corrected chi connectivity index (χ1v) is 9.51. The lowest BCUT2D eigenvalue weighted by atomic mass is 10.2. The first-order chi connectivity index (χ1) is 13.2. The van der Waals surface area contributed by atoms with Crippen molar-refractivity contribution in [2.45, 2.75) is 22.8 Å². The Labute approximate surface area is 164 Å². The summed E-state index contributed by atoms with van der Waals surface area (Å²) in [6, 6.07) is 25.0. The van der Waals surface area contributed by atoms with Gasteiger partial charge < -0.3 is 15.4 Å². The van der Waals surface area contributed by atoms with Crippen LogP contribution in [0.4, 0.5) is 11.4 Å². The van der Waals surface area contributed by atoms with Crippen LogP contribution in [0, 0.1) is 0 Å². The molecule has 0 fully saturated rings. The molecule has 1 amide bonds. The number of ether oxygens (including phenoxy) is 1. The monoisotopic (exact) mass is 378 g/mol. The summed E-state index contributed by atoms with van der Waals surface area (Å²) in [5.74, 6) is 0.596. The first kappa shape index (κ1) is 18.9. The highest BCUT2D eigenvalue weighted by molar-refractivity contribution is 7.99. The molecule has 3 aromatic carbocycles. The lowest BCUT2D eigenvalue weighted by Gasteiger charge is -2.18. The number of hydrogen-bond acceptors (Lipinski definition) is 4. The summed E-state index contributed by atoms with van der Waals surface area (Å²) in [6.45, 7) is 1.83. The summed E-state index contributed by atoms with van der Waals surface area (Å²) >= 11 is 1.62. The van der Waals surface area contributed by atoms with Gasteiger partial charge in [0.15, 0.2) is 0 Å². The number of carbonyl (C=O) groups is 1. The van der Waals surface area contributed by atoms with Crippen LogP contribution in [0.5, 0.6) is 5.75 Å². The van der Waals surface area contributed by atoms with Gasteiger partial charge in [0.25, 0.3) is 0 Å². The normalized spacial score (nSPS) is 11.5. The van der Waals surface area contributed by atoms with Crippen molar-refractivity contribution in [3.05, 3.63) is 78.9 Å². The second-order valence-electron chi connectivity index (χ2n) is 5.97. The van der Waals surface area contributed by atoms with Crippen molar-refractivity contribution < 1.29 is 9.53 Å². The van der Waals surface area contributed by atoms with Crippen molar-refractivity contribution in [1.29, 1.82) is 0 Å². The molecule has 5 heteroatoms. The number of hydrogen-bond donors (Lipinski definition) is 2. The highest BCUT2D eigenvalue weighted by Gasteiger charge is 2.16. The molecular formula is C22H22N2O2S. The lowest BCUT2D eigenvalue weighted by Crippen LogP contribution is -2.32. The molecule has 0 saturated heterocycles. The van der Waals surface area contributed by atoms with Crippen molar-refractivity contribution in [3.63, 3.8) is 0 Å². The van der Waals surface area contributed by atoms with Crippen molar-refractivity contribution in [2.75, 3.05) is 17.7 Å². The third-order valence-electron chi connectivity index (χ3n) is 3.99. The Morgan fingerprint density at radius 1 is 0.889 bits per heavy atom. The van der Waals surface area contributed by atoms with Gasteiger partial charge in [-0.3, -0.25) is 4.79 Å². The summed E-state index contributed by atoms with van der Waals surface area (Å²) in [7, 11) is 1.61. The zero-order valence-corrected chi connectivity index (χ0v) is 16.1. The van der Waals surface area contributed by atoms with Gasteiger partial charge in [0.1, 0.15) is 11.8 Å². The molecule has 3 rings (SSSR count). The average molecular weight is 378 g/mol. The topological polar surface area (TPSA) is 50.4 Å². The SMILES string of the molecule is COc1ccccc1N[C@@H](C)C(=O)Nc1ccccc1Sc1ccccc1. The van der Waals surface area contributed by atoms with Crippen LogP contribution < -0.4 is 15.4 Å². The maximum Gasteiger partial charge on any atom is 0.246 e. The number of amides is 1. The number of anilines is 2. The fraction of sp³-hybridized carbons (Fsp3) is 0.136. The maximum atomic E-state index is 12.7. The summed E-state index contributed by atoms with van der Waals surface area (Å²) in [6.07, 6.45) is 0. The number of benzene rings is 3. The molecular weight excluding hydrogens is 356 g/mol. The molecule has 0 bridgehead atoms. The zero-order chi connectivity index (χ0) is 19.1. The Bertz CT molecular complexity index is 900. The number of para-hydroxylation sites is 3. The van der Waals surface area contributed by atoms with E-state index in [2.05, 4.69) is 22.8 Å². The number of rotatable bonds is 7. The molecule has 0 saturated carbocycles. The van der Waals surface area contributed by atoms with E-state index in [9.17, 15) is 4.79 Å². The van der Waals surface area contributed by atoms with Crippen molar-refractivity contribution in [3.8, 4) is 5.75 Å². The molecule has 0 radical (unpaired) electrons. The van der Waals surface area contributed by atoms with Gasteiger partial charge in [-0.25, -0.2) is 0 Å². The molecule has 0 unspecified atom stereocenters. The smallest absolute Gasteiger partial charge is 0.246 e. The fourth-order valence-corrected chi connectivity index (χ4v) is 3.50. The van der Waals surface area contributed by atoms with Crippen LogP contribution in [-0.4, -0.2) is 19.1 Å². The van der Waals surface area contributed by atoms with E-state index in [1.54, 1.807) is 18.9 Å². The Morgan fingerprint density at radius 2 is 1.52 bits per heavy atom. The lowest BCUT2D eigenvalue weighted by molar-refractivity contribution is -0.116. The molecule has 4 nitrogen and oxygen atoms in total. The second kappa shape index (κ2) is 9.14. The molecule has 0 aliphatic carbocycles. The maximum absolute atomic E-state index is 12.7. The van der Waals surface area contributed by atoms with E-state index in [-0.39, 0.29) is 5.91 Å². The van der Waals surface area contributed by atoms with Gasteiger partial charge >= 0.3 is 0 Å². The van der Waals surface area contributed by atoms with E-state index in [1.807, 2.05) is 73.7 Å². The zero-order valence-electron chi connectivity index (χ0n) is 15.3. The van der Waals surface area contributed by atoms with Gasteiger partial charge in [0.05, 0.1) is 18.5 Å². The fourth-order valence-electron chi connectivity index (χ4n) is 2.58. The van der Waals surface area contributed by atoms with Crippen molar-refractivity contribution >= 4 is 29.0 Å². The quantitative estimate of drug-likeness (QED) is 0.587. The molecule has 0 aromatic heterocycles. The van der Waals surface area contributed by atoms with Gasteiger partial charge in [0.2, 0.25) is 5.91 Å². The molecule has 1 atom stereocenters. The summed E-state index contributed by atoms with van der Waals surface area (Å²) in [5.41, 5.74) is 1.58. The third kappa shape index (κ3) is 5.05. The van der Waals surface area contributed by atoms with Crippen LogP contribution in [0.2, 0.25) is 0 Å².